The van der Waals surface area contributed by atoms with Crippen LogP contribution >= 0.6 is 0 Å². The Bertz CT molecular complexity index is 294. The maximum absolute atomic E-state index is 11.5. The highest BCUT2D eigenvalue weighted by Crippen LogP contribution is 2.02. The highest BCUT2D eigenvalue weighted by molar-refractivity contribution is 5.84. The molecule has 0 bridgehead atoms. The minimum Gasteiger partial charge on any atom is -0.384 e. The second-order valence-corrected chi connectivity index (χ2v) is 5.78. The largest absolute Gasteiger partial charge is 0.384 e. The number of nitrogens with one attached hydrogen (secondary N) is 1. The van der Waals surface area contributed by atoms with Crippen LogP contribution in [0.15, 0.2) is 0 Å². The number of hydrogen-bond donors (Lipinski definition) is 1. The second-order valence-electron chi connectivity index (χ2n) is 5.78. The molecule has 0 rings (SSSR count). The van der Waals surface area contributed by atoms with Gasteiger partial charge in [-0.2, -0.15) is 0 Å². The zero-order valence-corrected chi connectivity index (χ0v) is 14.5. The first kappa shape index (κ1) is 21.1. The lowest BCUT2D eigenvalue weighted by molar-refractivity contribution is -0.125. The van der Waals surface area contributed by atoms with Crippen LogP contribution in [0.5, 0.6) is 0 Å². The van der Waals surface area contributed by atoms with Crippen LogP contribution in [0, 0.1) is 5.92 Å². The van der Waals surface area contributed by atoms with Crippen LogP contribution < -0.4 is 5.32 Å². The summed E-state index contributed by atoms with van der Waals surface area (Å²) in [5, 5.41) is 2.85. The van der Waals surface area contributed by atoms with Gasteiger partial charge in [0.2, 0.25) is 5.91 Å². The van der Waals surface area contributed by atoms with Gasteiger partial charge in [0.05, 0.1) is 6.61 Å². The van der Waals surface area contributed by atoms with E-state index in [2.05, 4.69) is 19.2 Å². The molecule has 0 saturated heterocycles. The molecule has 22 heavy (non-hydrogen) atoms. The highest BCUT2D eigenvalue weighted by atomic mass is 16.5. The van der Waals surface area contributed by atoms with E-state index >= 15 is 0 Å². The summed E-state index contributed by atoms with van der Waals surface area (Å²) in [6.07, 6.45) is 5.16. The van der Waals surface area contributed by atoms with Crippen LogP contribution in [0.4, 0.5) is 0 Å². The summed E-state index contributed by atoms with van der Waals surface area (Å²) in [5.41, 5.74) is 0. The molecule has 0 aromatic heterocycles. The number of ether oxygens (including phenoxy) is 2. The summed E-state index contributed by atoms with van der Waals surface area (Å²) < 4.78 is 10.4. The maximum atomic E-state index is 11.5. The molecule has 0 aromatic rings. The Morgan fingerprint density at radius 2 is 1.82 bits per heavy atom. The summed E-state index contributed by atoms with van der Waals surface area (Å²) in [6, 6.07) is 0. The van der Waals surface area contributed by atoms with Crippen LogP contribution in [-0.4, -0.2) is 45.2 Å². The molecule has 0 aromatic carbocycles. The number of methoxy groups -OCH3 is 1. The van der Waals surface area contributed by atoms with Gasteiger partial charge in [0.1, 0.15) is 5.78 Å². The molecular formula is C17H33NO4. The average Bonchev–Trinajstić information content (AvgIpc) is 2.52. The number of amides is 1. The van der Waals surface area contributed by atoms with Crippen molar-refractivity contribution >= 4 is 11.7 Å². The van der Waals surface area contributed by atoms with Crippen LogP contribution in [0.1, 0.15) is 58.8 Å². The molecule has 1 amide bonds. The number of hydrogen-bond acceptors (Lipinski definition) is 4. The summed E-state index contributed by atoms with van der Waals surface area (Å²) in [7, 11) is 1.56. The Balaban J connectivity index is 3.33. The summed E-state index contributed by atoms with van der Waals surface area (Å²) in [6.45, 7) is 7.10. The molecule has 0 fully saturated rings. The predicted molar refractivity (Wildman–Crippen MR) is 87.9 cm³/mol. The Labute approximate surface area is 135 Å². The molecular weight excluding hydrogens is 282 g/mol. The molecule has 0 saturated carbocycles. The number of carbonyl (C=O) groups excluding carboxylic acids is 2. The third kappa shape index (κ3) is 14.0. The first-order valence-corrected chi connectivity index (χ1v) is 8.45. The summed E-state index contributed by atoms with van der Waals surface area (Å²) in [4.78, 5) is 22.9. The minimum absolute atomic E-state index is 0.0428. The van der Waals surface area contributed by atoms with E-state index in [-0.39, 0.29) is 18.1 Å². The van der Waals surface area contributed by atoms with E-state index in [1.165, 1.54) is 0 Å². The van der Waals surface area contributed by atoms with Gasteiger partial charge >= 0.3 is 0 Å². The van der Waals surface area contributed by atoms with E-state index in [0.29, 0.717) is 31.9 Å². The first-order chi connectivity index (χ1) is 10.6. The quantitative estimate of drug-likeness (QED) is 0.472. The van der Waals surface area contributed by atoms with Gasteiger partial charge in [0.25, 0.3) is 0 Å². The van der Waals surface area contributed by atoms with E-state index in [1.54, 1.807) is 7.11 Å². The molecule has 1 N–H and O–H groups in total. The van der Waals surface area contributed by atoms with Crippen molar-refractivity contribution in [1.29, 1.82) is 0 Å². The number of Topliss-reactive ketones (excluding diaryl/α,β-unsaturated/α-hetero) is 1. The predicted octanol–water partition coefficient (Wildman–Crippen LogP) is 2.72. The molecule has 0 radical (unpaired) electrons. The van der Waals surface area contributed by atoms with Crippen molar-refractivity contribution in [2.45, 2.75) is 58.8 Å². The molecule has 1 unspecified atom stereocenters. The number of ketones is 1. The van der Waals surface area contributed by atoms with Crippen LogP contribution in [0.3, 0.4) is 0 Å². The molecule has 1 atom stereocenters. The number of unbranched alkanes of at least 4 members (excludes halogenated alkanes) is 2. The van der Waals surface area contributed by atoms with Crippen molar-refractivity contribution in [3.8, 4) is 0 Å². The van der Waals surface area contributed by atoms with Gasteiger partial charge in [0.15, 0.2) is 0 Å². The third-order valence-electron chi connectivity index (χ3n) is 3.60. The molecule has 5 nitrogen and oxygen atoms in total. The van der Waals surface area contributed by atoms with E-state index in [9.17, 15) is 9.59 Å². The lowest BCUT2D eigenvalue weighted by Gasteiger charge is -2.09. The first-order valence-electron chi connectivity index (χ1n) is 8.45. The van der Waals surface area contributed by atoms with Crippen LogP contribution in [-0.2, 0) is 19.1 Å². The Hall–Kier alpha value is -0.940. The van der Waals surface area contributed by atoms with Crippen molar-refractivity contribution in [3.63, 3.8) is 0 Å². The Kier molecular flexibility index (Phi) is 14.3. The molecule has 0 aliphatic carbocycles. The van der Waals surface area contributed by atoms with Crippen molar-refractivity contribution in [2.24, 2.45) is 5.92 Å². The van der Waals surface area contributed by atoms with Crippen LogP contribution in [0.25, 0.3) is 0 Å². The van der Waals surface area contributed by atoms with Gasteiger partial charge in [-0.05, 0) is 25.2 Å². The summed E-state index contributed by atoms with van der Waals surface area (Å²) >= 11 is 0. The highest BCUT2D eigenvalue weighted by Gasteiger charge is 2.06. The van der Waals surface area contributed by atoms with Crippen molar-refractivity contribution < 1.29 is 19.1 Å². The van der Waals surface area contributed by atoms with Crippen LogP contribution in [0.2, 0.25) is 0 Å². The number of carbonyl (C=O) groups is 2. The molecule has 0 aliphatic rings. The zero-order valence-electron chi connectivity index (χ0n) is 14.5. The lowest BCUT2D eigenvalue weighted by Crippen LogP contribution is -2.25. The fraction of sp³-hybridized carbons (Fsp3) is 0.882. The third-order valence-corrected chi connectivity index (χ3v) is 3.60. The monoisotopic (exact) mass is 315 g/mol. The van der Waals surface area contributed by atoms with Gasteiger partial charge in [-0.25, -0.2) is 0 Å². The van der Waals surface area contributed by atoms with E-state index in [0.717, 1.165) is 38.9 Å². The second kappa shape index (κ2) is 15.0. The normalized spacial score (nSPS) is 12.1. The minimum atomic E-state index is -0.0428. The molecule has 0 aliphatic heterocycles. The SMILES string of the molecule is CCC(C)COCCCCCNC(=O)CCC(=O)CCOC. The lowest BCUT2D eigenvalue weighted by atomic mass is 10.1. The van der Waals surface area contributed by atoms with Crippen molar-refractivity contribution in [1.82, 2.24) is 5.32 Å². The average molecular weight is 315 g/mol. The van der Waals surface area contributed by atoms with E-state index < -0.39 is 0 Å². The summed E-state index contributed by atoms with van der Waals surface area (Å²) in [5.74, 6) is 0.667. The fourth-order valence-corrected chi connectivity index (χ4v) is 1.82. The zero-order chi connectivity index (χ0) is 16.6. The maximum Gasteiger partial charge on any atom is 0.220 e. The van der Waals surface area contributed by atoms with Crippen molar-refractivity contribution in [3.05, 3.63) is 0 Å². The van der Waals surface area contributed by atoms with Gasteiger partial charge in [-0.15, -0.1) is 0 Å². The van der Waals surface area contributed by atoms with E-state index in [1.807, 2.05) is 0 Å². The standard InChI is InChI=1S/C17H33NO4/c1-4-15(2)14-22-12-7-5-6-11-18-17(20)9-8-16(19)10-13-21-3/h15H,4-14H2,1-3H3,(H,18,20). The smallest absolute Gasteiger partial charge is 0.220 e. The topological polar surface area (TPSA) is 64.6 Å². The van der Waals surface area contributed by atoms with Gasteiger partial charge in [-0.1, -0.05) is 20.3 Å². The van der Waals surface area contributed by atoms with Gasteiger partial charge < -0.3 is 14.8 Å². The van der Waals surface area contributed by atoms with Gasteiger partial charge in [0, 0.05) is 46.1 Å². The molecule has 0 spiro atoms. The molecule has 0 heterocycles. The Morgan fingerprint density at radius 1 is 1.05 bits per heavy atom. The number of rotatable bonds is 15. The molecule has 5 heteroatoms. The van der Waals surface area contributed by atoms with Crippen molar-refractivity contribution in [2.75, 3.05) is 33.5 Å². The molecule has 130 valence electrons. The Morgan fingerprint density at radius 3 is 2.50 bits per heavy atom. The van der Waals surface area contributed by atoms with E-state index in [4.69, 9.17) is 9.47 Å². The fourth-order valence-electron chi connectivity index (χ4n) is 1.82. The van der Waals surface area contributed by atoms with Gasteiger partial charge in [-0.3, -0.25) is 9.59 Å².